The highest BCUT2D eigenvalue weighted by Gasteiger charge is 2.25. The fraction of sp³-hybridized carbons (Fsp3) is 0. The molecule has 0 amide bonds. The van der Waals surface area contributed by atoms with Crippen LogP contribution in [0.4, 0.5) is 0 Å². The lowest BCUT2D eigenvalue weighted by Gasteiger charge is -2.20. The summed E-state index contributed by atoms with van der Waals surface area (Å²) in [5.41, 5.74) is 3.67. The highest BCUT2D eigenvalue weighted by molar-refractivity contribution is 9.10. The normalized spacial score (nSPS) is 12.6. The van der Waals surface area contributed by atoms with Crippen LogP contribution in [-0.2, 0) is 0 Å². The summed E-state index contributed by atoms with van der Waals surface area (Å²) in [7, 11) is 0. The molecular weight excluding hydrogens is 380 g/mol. The average Bonchev–Trinajstić information content (AvgIpc) is 2.44. The first-order valence-electron chi connectivity index (χ1n) is 6.22. The van der Waals surface area contributed by atoms with Gasteiger partial charge < -0.3 is 0 Å². The number of halogens is 2. The van der Waals surface area contributed by atoms with Crippen molar-refractivity contribution in [3.05, 3.63) is 68.6 Å². The minimum Gasteiger partial charge on any atom is -0.289 e. The fourth-order valence-electron chi connectivity index (χ4n) is 2.88. The van der Waals surface area contributed by atoms with E-state index >= 15 is 0 Å². The van der Waals surface area contributed by atoms with Crippen LogP contribution in [-0.4, -0.2) is 5.78 Å². The largest absolute Gasteiger partial charge is 0.289 e. The first-order valence-corrected chi connectivity index (χ1v) is 7.80. The van der Waals surface area contributed by atoms with Crippen molar-refractivity contribution in [1.82, 2.24) is 0 Å². The third-order valence-corrected chi connectivity index (χ3v) is 4.65. The number of ketones is 1. The van der Waals surface area contributed by atoms with Gasteiger partial charge in [-0.25, -0.2) is 0 Å². The zero-order valence-corrected chi connectivity index (χ0v) is 13.5. The maximum absolute atomic E-state index is 12.7. The van der Waals surface area contributed by atoms with Crippen LogP contribution in [0, 0.1) is 0 Å². The molecule has 0 aromatic heterocycles. The van der Waals surface area contributed by atoms with Crippen molar-refractivity contribution in [3.63, 3.8) is 0 Å². The van der Waals surface area contributed by atoms with Gasteiger partial charge in [-0.05, 0) is 40.8 Å². The third kappa shape index (κ3) is 1.63. The minimum atomic E-state index is 0.0988. The first kappa shape index (κ1) is 12.3. The standard InChI is InChI=1S/C17H8Br2O/c18-10-4-5-12-14-8-11(19)6-9-2-1-3-13(16(9)14)17(20)15(12)7-10/h1-8H. The molecule has 20 heavy (non-hydrogen) atoms. The highest BCUT2D eigenvalue weighted by atomic mass is 79.9. The Kier molecular flexibility index (Phi) is 2.63. The molecule has 96 valence electrons. The zero-order chi connectivity index (χ0) is 13.9. The summed E-state index contributed by atoms with van der Waals surface area (Å²) in [5.74, 6) is 0.0988. The lowest BCUT2D eigenvalue weighted by atomic mass is 9.83. The summed E-state index contributed by atoms with van der Waals surface area (Å²) >= 11 is 7.01. The molecule has 0 radical (unpaired) electrons. The average molecular weight is 388 g/mol. The van der Waals surface area contributed by atoms with Crippen LogP contribution in [0.5, 0.6) is 0 Å². The number of hydrogen-bond acceptors (Lipinski definition) is 1. The number of fused-ring (bicyclic) bond motifs is 2. The van der Waals surface area contributed by atoms with Crippen LogP contribution in [0.15, 0.2) is 57.5 Å². The molecule has 0 aliphatic heterocycles. The SMILES string of the molecule is O=C1c2cc(Br)ccc2-c2cc(Br)cc3cccc1c23. The Labute approximate surface area is 132 Å². The van der Waals surface area contributed by atoms with Gasteiger partial charge in [0.2, 0.25) is 0 Å². The molecule has 3 heteroatoms. The van der Waals surface area contributed by atoms with Gasteiger partial charge >= 0.3 is 0 Å². The monoisotopic (exact) mass is 386 g/mol. The van der Waals surface area contributed by atoms with E-state index in [1.165, 1.54) is 0 Å². The third-order valence-electron chi connectivity index (χ3n) is 3.70. The molecule has 0 heterocycles. The summed E-state index contributed by atoms with van der Waals surface area (Å²) in [4.78, 5) is 12.7. The van der Waals surface area contributed by atoms with Gasteiger partial charge in [0.05, 0.1) is 0 Å². The molecule has 0 N–H and O–H groups in total. The topological polar surface area (TPSA) is 17.1 Å². The van der Waals surface area contributed by atoms with E-state index in [4.69, 9.17) is 0 Å². The van der Waals surface area contributed by atoms with E-state index in [0.717, 1.165) is 42.0 Å². The molecule has 0 spiro atoms. The Balaban J connectivity index is 2.24. The zero-order valence-electron chi connectivity index (χ0n) is 10.3. The number of hydrogen-bond donors (Lipinski definition) is 0. The smallest absolute Gasteiger partial charge is 0.194 e. The fourth-order valence-corrected chi connectivity index (χ4v) is 3.71. The summed E-state index contributed by atoms with van der Waals surface area (Å²) in [5, 5.41) is 2.14. The Morgan fingerprint density at radius 3 is 2.35 bits per heavy atom. The van der Waals surface area contributed by atoms with Crippen molar-refractivity contribution in [3.8, 4) is 11.1 Å². The summed E-state index contributed by atoms with van der Waals surface area (Å²) in [6.07, 6.45) is 0. The van der Waals surface area contributed by atoms with Crippen LogP contribution in [0.25, 0.3) is 21.9 Å². The van der Waals surface area contributed by atoms with Gasteiger partial charge in [0, 0.05) is 25.5 Å². The Morgan fingerprint density at radius 1 is 0.700 bits per heavy atom. The van der Waals surface area contributed by atoms with Crippen molar-refractivity contribution in [2.45, 2.75) is 0 Å². The van der Waals surface area contributed by atoms with Gasteiger partial charge in [-0.2, -0.15) is 0 Å². The quantitative estimate of drug-likeness (QED) is 0.385. The molecule has 3 aromatic carbocycles. The van der Waals surface area contributed by atoms with Crippen LogP contribution in [0.2, 0.25) is 0 Å². The molecule has 0 fully saturated rings. The highest BCUT2D eigenvalue weighted by Crippen LogP contribution is 2.41. The Hall–Kier alpha value is -1.45. The van der Waals surface area contributed by atoms with E-state index in [0.29, 0.717) is 0 Å². The number of rotatable bonds is 0. The first-order chi connectivity index (χ1) is 9.65. The maximum atomic E-state index is 12.7. The molecule has 3 aromatic rings. The van der Waals surface area contributed by atoms with Crippen LogP contribution in [0.1, 0.15) is 15.9 Å². The van der Waals surface area contributed by atoms with Gasteiger partial charge in [-0.3, -0.25) is 4.79 Å². The van der Waals surface area contributed by atoms with Crippen molar-refractivity contribution in [2.24, 2.45) is 0 Å². The van der Waals surface area contributed by atoms with Crippen molar-refractivity contribution >= 4 is 48.4 Å². The van der Waals surface area contributed by atoms with Crippen molar-refractivity contribution in [1.29, 1.82) is 0 Å². The summed E-state index contributed by atoms with van der Waals surface area (Å²) in [6, 6.07) is 15.9. The predicted octanol–water partition coefficient (Wildman–Crippen LogP) is 5.58. The van der Waals surface area contributed by atoms with Crippen molar-refractivity contribution < 1.29 is 4.79 Å². The molecule has 1 aliphatic carbocycles. The van der Waals surface area contributed by atoms with Gasteiger partial charge in [-0.15, -0.1) is 0 Å². The summed E-state index contributed by atoms with van der Waals surface area (Å²) < 4.78 is 1.95. The lowest BCUT2D eigenvalue weighted by molar-refractivity contribution is 0.104. The number of benzene rings is 3. The maximum Gasteiger partial charge on any atom is 0.194 e. The van der Waals surface area contributed by atoms with Gasteiger partial charge in [0.1, 0.15) is 0 Å². The van der Waals surface area contributed by atoms with E-state index in [2.05, 4.69) is 44.0 Å². The summed E-state index contributed by atoms with van der Waals surface area (Å²) in [6.45, 7) is 0. The van der Waals surface area contributed by atoms with Gasteiger partial charge in [-0.1, -0.05) is 56.1 Å². The molecular formula is C17H8Br2O. The molecule has 0 bridgehead atoms. The van der Waals surface area contributed by atoms with E-state index in [1.807, 2.05) is 36.4 Å². The molecule has 1 nitrogen and oxygen atoms in total. The Morgan fingerprint density at radius 2 is 1.50 bits per heavy atom. The van der Waals surface area contributed by atoms with Crippen molar-refractivity contribution in [2.75, 3.05) is 0 Å². The molecule has 0 atom stereocenters. The van der Waals surface area contributed by atoms with E-state index in [9.17, 15) is 4.79 Å². The van der Waals surface area contributed by atoms with Crippen LogP contribution >= 0.6 is 31.9 Å². The molecule has 0 unspecified atom stereocenters. The molecule has 1 aliphatic rings. The van der Waals surface area contributed by atoms with E-state index in [1.54, 1.807) is 0 Å². The van der Waals surface area contributed by atoms with Gasteiger partial charge in [0.25, 0.3) is 0 Å². The van der Waals surface area contributed by atoms with Gasteiger partial charge in [0.15, 0.2) is 5.78 Å². The second-order valence-corrected chi connectivity index (χ2v) is 6.71. The van der Waals surface area contributed by atoms with Crippen LogP contribution < -0.4 is 0 Å². The number of carbonyl (C=O) groups is 1. The second-order valence-electron chi connectivity index (χ2n) is 4.88. The van der Waals surface area contributed by atoms with Crippen LogP contribution in [0.3, 0.4) is 0 Å². The number of carbonyl (C=O) groups excluding carboxylic acids is 1. The second kappa shape index (κ2) is 4.27. The van der Waals surface area contributed by atoms with E-state index in [-0.39, 0.29) is 5.78 Å². The molecule has 4 rings (SSSR count). The predicted molar refractivity (Wildman–Crippen MR) is 88.2 cm³/mol. The molecule has 0 saturated carbocycles. The molecule has 0 saturated heterocycles. The van der Waals surface area contributed by atoms with E-state index < -0.39 is 0 Å². The lowest BCUT2D eigenvalue weighted by Crippen LogP contribution is -2.09. The Bertz CT molecular complexity index is 897. The minimum absolute atomic E-state index is 0.0988.